The highest BCUT2D eigenvalue weighted by Crippen LogP contribution is 2.65. The van der Waals surface area contributed by atoms with E-state index >= 15 is 0 Å². The molecule has 0 amide bonds. The van der Waals surface area contributed by atoms with Crippen molar-refractivity contribution in [3.05, 3.63) is 11.8 Å². The van der Waals surface area contributed by atoms with Gasteiger partial charge in [0.15, 0.2) is 0 Å². The summed E-state index contributed by atoms with van der Waals surface area (Å²) in [4.78, 5) is 0. The van der Waals surface area contributed by atoms with Crippen LogP contribution < -0.4 is 0 Å². The predicted molar refractivity (Wildman–Crippen MR) is 82.4 cm³/mol. The van der Waals surface area contributed by atoms with E-state index in [9.17, 15) is 5.11 Å². The van der Waals surface area contributed by atoms with E-state index < -0.39 is 0 Å². The SMILES string of the molecule is C[C@@]12C=C(O)C[C@H]1[C@@H]1CCC3CCCC[C@]3(C)[C@H]1CC2. The number of hydrogen-bond acceptors (Lipinski definition) is 1. The zero-order valence-corrected chi connectivity index (χ0v) is 13.2. The summed E-state index contributed by atoms with van der Waals surface area (Å²) in [7, 11) is 0. The molecule has 4 rings (SSSR count). The number of hydrogen-bond donors (Lipinski definition) is 1. The number of aliphatic hydroxyl groups is 1. The summed E-state index contributed by atoms with van der Waals surface area (Å²) in [5.74, 6) is 4.26. The third kappa shape index (κ3) is 1.67. The Balaban J connectivity index is 1.65. The number of allylic oxidation sites excluding steroid dienone is 2. The van der Waals surface area contributed by atoms with Crippen molar-refractivity contribution < 1.29 is 5.11 Å². The van der Waals surface area contributed by atoms with Crippen LogP contribution in [0, 0.1) is 34.5 Å². The molecular formula is C19H30O. The van der Waals surface area contributed by atoms with Gasteiger partial charge in [0, 0.05) is 6.42 Å². The van der Waals surface area contributed by atoms with Crippen molar-refractivity contribution in [2.45, 2.75) is 71.6 Å². The third-order valence-electron chi connectivity index (χ3n) is 7.95. The summed E-state index contributed by atoms with van der Waals surface area (Å²) in [6.07, 6.45) is 14.7. The van der Waals surface area contributed by atoms with Gasteiger partial charge in [0.25, 0.3) is 0 Å². The van der Waals surface area contributed by atoms with E-state index in [1.165, 1.54) is 51.4 Å². The van der Waals surface area contributed by atoms with E-state index in [2.05, 4.69) is 19.9 Å². The van der Waals surface area contributed by atoms with E-state index in [1.807, 2.05) is 0 Å². The molecular weight excluding hydrogens is 244 g/mol. The minimum absolute atomic E-state index is 0.309. The maximum atomic E-state index is 10.1. The highest BCUT2D eigenvalue weighted by atomic mass is 16.3. The number of aliphatic hydroxyl groups excluding tert-OH is 1. The van der Waals surface area contributed by atoms with Crippen molar-refractivity contribution in [1.82, 2.24) is 0 Å². The highest BCUT2D eigenvalue weighted by Gasteiger charge is 2.57. The van der Waals surface area contributed by atoms with Gasteiger partial charge in [0.05, 0.1) is 5.76 Å². The predicted octanol–water partition coefficient (Wildman–Crippen LogP) is 5.47. The van der Waals surface area contributed by atoms with Gasteiger partial charge < -0.3 is 5.11 Å². The summed E-state index contributed by atoms with van der Waals surface area (Å²) in [5, 5.41) is 10.1. The second-order valence-corrected chi connectivity index (χ2v) is 8.79. The first kappa shape index (κ1) is 13.2. The van der Waals surface area contributed by atoms with E-state index in [0.29, 0.717) is 16.6 Å². The van der Waals surface area contributed by atoms with E-state index in [-0.39, 0.29) is 0 Å². The molecule has 4 aliphatic rings. The Morgan fingerprint density at radius 3 is 2.70 bits per heavy atom. The van der Waals surface area contributed by atoms with E-state index in [1.54, 1.807) is 0 Å². The van der Waals surface area contributed by atoms with Crippen LogP contribution in [0.2, 0.25) is 0 Å². The van der Waals surface area contributed by atoms with Crippen LogP contribution in [0.15, 0.2) is 11.8 Å². The van der Waals surface area contributed by atoms with Gasteiger partial charge in [-0.2, -0.15) is 0 Å². The molecule has 0 aromatic heterocycles. The zero-order chi connectivity index (χ0) is 14.0. The van der Waals surface area contributed by atoms with E-state index in [4.69, 9.17) is 0 Å². The summed E-state index contributed by atoms with van der Waals surface area (Å²) in [6.45, 7) is 5.03. The second kappa shape index (κ2) is 4.27. The molecule has 0 aromatic carbocycles. The zero-order valence-electron chi connectivity index (χ0n) is 13.2. The molecule has 1 N–H and O–H groups in total. The first-order chi connectivity index (χ1) is 9.53. The number of rotatable bonds is 0. The first-order valence-corrected chi connectivity index (χ1v) is 8.94. The van der Waals surface area contributed by atoms with Gasteiger partial charge in [-0.1, -0.05) is 26.7 Å². The van der Waals surface area contributed by atoms with Crippen LogP contribution >= 0.6 is 0 Å². The van der Waals surface area contributed by atoms with Crippen molar-refractivity contribution in [2.75, 3.05) is 0 Å². The fourth-order valence-electron chi connectivity index (χ4n) is 6.87. The molecule has 3 fully saturated rings. The molecule has 0 radical (unpaired) electrons. The van der Waals surface area contributed by atoms with Crippen LogP contribution in [0.3, 0.4) is 0 Å². The Morgan fingerprint density at radius 1 is 1.00 bits per heavy atom. The molecule has 20 heavy (non-hydrogen) atoms. The number of fused-ring (bicyclic) bond motifs is 5. The first-order valence-electron chi connectivity index (χ1n) is 8.94. The van der Waals surface area contributed by atoms with Crippen molar-refractivity contribution in [1.29, 1.82) is 0 Å². The van der Waals surface area contributed by atoms with Gasteiger partial charge in [0.1, 0.15) is 0 Å². The lowest BCUT2D eigenvalue weighted by Crippen LogP contribution is -2.51. The average molecular weight is 274 g/mol. The molecule has 0 bridgehead atoms. The maximum Gasteiger partial charge on any atom is 0.0891 e. The molecule has 0 aliphatic heterocycles. The van der Waals surface area contributed by atoms with Gasteiger partial charge in [0.2, 0.25) is 0 Å². The Morgan fingerprint density at radius 2 is 1.85 bits per heavy atom. The standard InChI is InChI=1S/C19H30O/c1-18-10-8-16-15(17(18)11-14(20)12-18)7-6-13-5-3-4-9-19(13,16)2/h12-13,15-17,20H,3-11H2,1-2H3/t13?,15-,16+,17+,18-,19+/m1/s1. The highest BCUT2D eigenvalue weighted by molar-refractivity contribution is 5.19. The van der Waals surface area contributed by atoms with Gasteiger partial charge in [-0.05, 0) is 79.1 Å². The Bertz CT molecular complexity index is 439. The lowest BCUT2D eigenvalue weighted by molar-refractivity contribution is -0.0976. The normalized spacial score (nSPS) is 54.6. The van der Waals surface area contributed by atoms with Crippen LogP contribution in [0.5, 0.6) is 0 Å². The molecule has 112 valence electrons. The third-order valence-corrected chi connectivity index (χ3v) is 7.95. The lowest BCUT2D eigenvalue weighted by Gasteiger charge is -2.59. The average Bonchev–Trinajstić information content (AvgIpc) is 2.72. The minimum Gasteiger partial charge on any atom is -0.513 e. The maximum absolute atomic E-state index is 10.1. The quantitative estimate of drug-likeness (QED) is 0.621. The molecule has 1 nitrogen and oxygen atoms in total. The Labute approximate surface area is 123 Å². The molecule has 0 aromatic rings. The smallest absolute Gasteiger partial charge is 0.0891 e. The molecule has 1 heteroatoms. The summed E-state index contributed by atoms with van der Waals surface area (Å²) >= 11 is 0. The molecule has 0 spiro atoms. The molecule has 0 saturated heterocycles. The molecule has 4 aliphatic carbocycles. The van der Waals surface area contributed by atoms with Gasteiger partial charge >= 0.3 is 0 Å². The van der Waals surface area contributed by atoms with Gasteiger partial charge in [-0.15, -0.1) is 0 Å². The topological polar surface area (TPSA) is 20.2 Å². The van der Waals surface area contributed by atoms with Crippen LogP contribution in [0.1, 0.15) is 71.6 Å². The van der Waals surface area contributed by atoms with Crippen molar-refractivity contribution in [3.63, 3.8) is 0 Å². The largest absolute Gasteiger partial charge is 0.513 e. The van der Waals surface area contributed by atoms with E-state index in [0.717, 1.165) is 30.1 Å². The van der Waals surface area contributed by atoms with Crippen LogP contribution in [-0.4, -0.2) is 5.11 Å². The fraction of sp³-hybridized carbons (Fsp3) is 0.895. The van der Waals surface area contributed by atoms with Gasteiger partial charge in [-0.3, -0.25) is 0 Å². The monoisotopic (exact) mass is 274 g/mol. The fourth-order valence-corrected chi connectivity index (χ4v) is 6.87. The minimum atomic E-state index is 0.309. The molecule has 3 saturated carbocycles. The summed E-state index contributed by atoms with van der Waals surface area (Å²) < 4.78 is 0. The molecule has 0 heterocycles. The lowest BCUT2D eigenvalue weighted by atomic mass is 9.45. The van der Waals surface area contributed by atoms with Crippen LogP contribution in [-0.2, 0) is 0 Å². The van der Waals surface area contributed by atoms with Gasteiger partial charge in [-0.25, -0.2) is 0 Å². The Kier molecular flexibility index (Phi) is 2.82. The Hall–Kier alpha value is -0.460. The second-order valence-electron chi connectivity index (χ2n) is 8.79. The summed E-state index contributed by atoms with van der Waals surface area (Å²) in [5.41, 5.74) is 0.934. The van der Waals surface area contributed by atoms with Crippen LogP contribution in [0.25, 0.3) is 0 Å². The summed E-state index contributed by atoms with van der Waals surface area (Å²) in [6, 6.07) is 0. The molecule has 6 atom stereocenters. The molecule has 1 unspecified atom stereocenters. The van der Waals surface area contributed by atoms with Crippen molar-refractivity contribution in [3.8, 4) is 0 Å². The van der Waals surface area contributed by atoms with Crippen molar-refractivity contribution in [2.24, 2.45) is 34.5 Å². The van der Waals surface area contributed by atoms with Crippen LogP contribution in [0.4, 0.5) is 0 Å². The van der Waals surface area contributed by atoms with Crippen molar-refractivity contribution >= 4 is 0 Å².